The van der Waals surface area contributed by atoms with Crippen molar-refractivity contribution in [2.24, 2.45) is 5.92 Å². The van der Waals surface area contributed by atoms with Gasteiger partial charge in [0.05, 0.1) is 6.61 Å². The predicted octanol–water partition coefficient (Wildman–Crippen LogP) is 3.70. The van der Waals surface area contributed by atoms with Crippen LogP contribution in [0.3, 0.4) is 0 Å². The Labute approximate surface area is 98.8 Å². The normalized spacial score (nSPS) is 10.8. The van der Waals surface area contributed by atoms with Crippen LogP contribution in [0, 0.1) is 19.8 Å². The first-order valence-corrected chi connectivity index (χ1v) is 6.08. The Morgan fingerprint density at radius 3 is 2.38 bits per heavy atom. The molecule has 2 nitrogen and oxygen atoms in total. The summed E-state index contributed by atoms with van der Waals surface area (Å²) >= 11 is 0. The minimum absolute atomic E-state index is 0.639. The molecule has 0 spiro atoms. The minimum Gasteiger partial charge on any atom is -0.493 e. The van der Waals surface area contributed by atoms with E-state index >= 15 is 0 Å². The second-order valence-electron chi connectivity index (χ2n) is 4.42. The molecule has 0 aromatic heterocycles. The Hall–Kier alpha value is -1.18. The van der Waals surface area contributed by atoms with E-state index in [2.05, 4.69) is 20.8 Å². The average molecular weight is 221 g/mol. The SMILES string of the molecule is CCC(CC)COc1c(C)ccc(N)c1C. The number of hydrogen-bond acceptors (Lipinski definition) is 2. The second kappa shape index (κ2) is 5.78. The van der Waals surface area contributed by atoms with Gasteiger partial charge in [-0.15, -0.1) is 0 Å². The fourth-order valence-electron chi connectivity index (χ4n) is 1.79. The van der Waals surface area contributed by atoms with Crippen LogP contribution in [0.25, 0.3) is 0 Å². The number of anilines is 1. The number of rotatable bonds is 5. The summed E-state index contributed by atoms with van der Waals surface area (Å²) in [6, 6.07) is 3.96. The highest BCUT2D eigenvalue weighted by Gasteiger charge is 2.09. The third-order valence-electron chi connectivity index (χ3n) is 3.26. The van der Waals surface area contributed by atoms with Crippen LogP contribution in [0.15, 0.2) is 12.1 Å². The van der Waals surface area contributed by atoms with Crippen molar-refractivity contribution in [1.29, 1.82) is 0 Å². The molecule has 0 atom stereocenters. The Morgan fingerprint density at radius 2 is 1.81 bits per heavy atom. The van der Waals surface area contributed by atoms with Gasteiger partial charge in [-0.3, -0.25) is 0 Å². The molecule has 1 aromatic carbocycles. The molecular formula is C14H23NO. The fraction of sp³-hybridized carbons (Fsp3) is 0.571. The highest BCUT2D eigenvalue weighted by Crippen LogP contribution is 2.28. The van der Waals surface area contributed by atoms with Crippen molar-refractivity contribution in [3.05, 3.63) is 23.3 Å². The van der Waals surface area contributed by atoms with E-state index in [0.717, 1.165) is 42.0 Å². The molecule has 0 heterocycles. The molecule has 0 unspecified atom stereocenters. The molecule has 16 heavy (non-hydrogen) atoms. The van der Waals surface area contributed by atoms with Gasteiger partial charge in [0, 0.05) is 11.3 Å². The van der Waals surface area contributed by atoms with E-state index in [9.17, 15) is 0 Å². The van der Waals surface area contributed by atoms with Crippen molar-refractivity contribution in [2.75, 3.05) is 12.3 Å². The van der Waals surface area contributed by atoms with Crippen molar-refractivity contribution in [3.8, 4) is 5.75 Å². The van der Waals surface area contributed by atoms with Gasteiger partial charge in [0.1, 0.15) is 5.75 Å². The largest absolute Gasteiger partial charge is 0.493 e. The van der Waals surface area contributed by atoms with Gasteiger partial charge >= 0.3 is 0 Å². The smallest absolute Gasteiger partial charge is 0.127 e. The highest BCUT2D eigenvalue weighted by atomic mass is 16.5. The predicted molar refractivity (Wildman–Crippen MR) is 69.9 cm³/mol. The van der Waals surface area contributed by atoms with Crippen LogP contribution >= 0.6 is 0 Å². The minimum atomic E-state index is 0.639. The van der Waals surface area contributed by atoms with E-state index in [0.29, 0.717) is 5.92 Å². The quantitative estimate of drug-likeness (QED) is 0.769. The molecule has 2 heteroatoms. The fourth-order valence-corrected chi connectivity index (χ4v) is 1.79. The first-order valence-electron chi connectivity index (χ1n) is 6.08. The molecule has 0 radical (unpaired) electrons. The molecule has 0 saturated heterocycles. The number of nitrogen functional groups attached to an aromatic ring is 1. The van der Waals surface area contributed by atoms with Crippen LogP contribution in [0.4, 0.5) is 5.69 Å². The maximum Gasteiger partial charge on any atom is 0.127 e. The number of benzene rings is 1. The molecule has 0 aliphatic heterocycles. The Kier molecular flexibility index (Phi) is 4.66. The van der Waals surface area contributed by atoms with Gasteiger partial charge in [-0.05, 0) is 31.4 Å². The highest BCUT2D eigenvalue weighted by molar-refractivity contribution is 5.56. The molecular weight excluding hydrogens is 198 g/mol. The zero-order chi connectivity index (χ0) is 12.1. The van der Waals surface area contributed by atoms with Gasteiger partial charge in [0.2, 0.25) is 0 Å². The lowest BCUT2D eigenvalue weighted by Gasteiger charge is -2.17. The molecule has 0 aliphatic rings. The van der Waals surface area contributed by atoms with Crippen molar-refractivity contribution in [3.63, 3.8) is 0 Å². The van der Waals surface area contributed by atoms with Gasteiger partial charge in [0.15, 0.2) is 0 Å². The first-order chi connectivity index (χ1) is 7.60. The van der Waals surface area contributed by atoms with Crippen LogP contribution in [-0.4, -0.2) is 6.61 Å². The Balaban J connectivity index is 2.77. The molecule has 1 aromatic rings. The van der Waals surface area contributed by atoms with E-state index < -0.39 is 0 Å². The lowest BCUT2D eigenvalue weighted by atomic mass is 10.0. The summed E-state index contributed by atoms with van der Waals surface area (Å²) in [7, 11) is 0. The molecule has 1 rings (SSSR count). The van der Waals surface area contributed by atoms with E-state index in [-0.39, 0.29) is 0 Å². The summed E-state index contributed by atoms with van der Waals surface area (Å²) in [5.41, 5.74) is 8.92. The zero-order valence-electron chi connectivity index (χ0n) is 10.8. The second-order valence-corrected chi connectivity index (χ2v) is 4.42. The summed E-state index contributed by atoms with van der Waals surface area (Å²) in [4.78, 5) is 0. The van der Waals surface area contributed by atoms with Gasteiger partial charge in [-0.2, -0.15) is 0 Å². The van der Waals surface area contributed by atoms with Crippen LogP contribution in [0.5, 0.6) is 5.75 Å². The molecule has 0 amide bonds. The zero-order valence-corrected chi connectivity index (χ0v) is 10.8. The van der Waals surface area contributed by atoms with Crippen LogP contribution in [0.2, 0.25) is 0 Å². The van der Waals surface area contributed by atoms with Crippen LogP contribution in [0.1, 0.15) is 37.8 Å². The molecule has 0 saturated carbocycles. The molecule has 90 valence electrons. The first kappa shape index (κ1) is 12.9. The molecule has 0 aliphatic carbocycles. The van der Waals surface area contributed by atoms with Gasteiger partial charge in [0.25, 0.3) is 0 Å². The van der Waals surface area contributed by atoms with Crippen molar-refractivity contribution in [1.82, 2.24) is 0 Å². The third-order valence-corrected chi connectivity index (χ3v) is 3.26. The Bertz CT molecular complexity index is 343. The standard InChI is InChI=1S/C14H23NO/c1-5-12(6-2)9-16-14-10(3)7-8-13(15)11(14)4/h7-8,12H,5-6,9,15H2,1-4H3. The monoisotopic (exact) mass is 221 g/mol. The molecule has 0 bridgehead atoms. The number of hydrogen-bond donors (Lipinski definition) is 1. The summed E-state index contributed by atoms with van der Waals surface area (Å²) in [6.45, 7) is 9.28. The van der Waals surface area contributed by atoms with Gasteiger partial charge in [-0.25, -0.2) is 0 Å². The number of aryl methyl sites for hydroxylation is 1. The summed E-state index contributed by atoms with van der Waals surface area (Å²) in [5.74, 6) is 1.60. The van der Waals surface area contributed by atoms with Crippen LogP contribution < -0.4 is 10.5 Å². The van der Waals surface area contributed by atoms with Crippen molar-refractivity contribution >= 4 is 5.69 Å². The van der Waals surface area contributed by atoms with E-state index in [4.69, 9.17) is 10.5 Å². The van der Waals surface area contributed by atoms with Crippen molar-refractivity contribution in [2.45, 2.75) is 40.5 Å². The van der Waals surface area contributed by atoms with E-state index in [1.165, 1.54) is 0 Å². The van der Waals surface area contributed by atoms with Gasteiger partial charge < -0.3 is 10.5 Å². The molecule has 0 fully saturated rings. The number of ether oxygens (including phenoxy) is 1. The van der Waals surface area contributed by atoms with E-state index in [1.807, 2.05) is 19.1 Å². The maximum absolute atomic E-state index is 5.91. The Morgan fingerprint density at radius 1 is 1.19 bits per heavy atom. The van der Waals surface area contributed by atoms with Gasteiger partial charge in [-0.1, -0.05) is 32.8 Å². The summed E-state index contributed by atoms with van der Waals surface area (Å²) in [6.07, 6.45) is 2.33. The maximum atomic E-state index is 5.91. The van der Waals surface area contributed by atoms with E-state index in [1.54, 1.807) is 0 Å². The lowest BCUT2D eigenvalue weighted by molar-refractivity contribution is 0.238. The lowest BCUT2D eigenvalue weighted by Crippen LogP contribution is -2.11. The average Bonchev–Trinajstić information content (AvgIpc) is 2.29. The van der Waals surface area contributed by atoms with Crippen molar-refractivity contribution < 1.29 is 4.74 Å². The summed E-state index contributed by atoms with van der Waals surface area (Å²) < 4.78 is 5.91. The van der Waals surface area contributed by atoms with Crippen LogP contribution in [-0.2, 0) is 0 Å². The third kappa shape index (κ3) is 2.91. The number of nitrogens with two attached hydrogens (primary N) is 1. The topological polar surface area (TPSA) is 35.2 Å². The summed E-state index contributed by atoms with van der Waals surface area (Å²) in [5, 5.41) is 0. The molecule has 2 N–H and O–H groups in total.